The second-order valence-corrected chi connectivity index (χ2v) is 12.1. The molecule has 1 unspecified atom stereocenters. The first kappa shape index (κ1) is 19.5. The molecular weight excluding hydrogens is 284 g/mol. The summed E-state index contributed by atoms with van der Waals surface area (Å²) in [4.78, 5) is 0. The van der Waals surface area contributed by atoms with Crippen LogP contribution in [0.2, 0.25) is 19.6 Å². The van der Waals surface area contributed by atoms with Gasteiger partial charge < -0.3 is 4.43 Å². The van der Waals surface area contributed by atoms with E-state index in [1.54, 1.807) is 16.7 Å². The molecule has 1 aliphatic rings. The van der Waals surface area contributed by atoms with Gasteiger partial charge in [-0.2, -0.15) is 0 Å². The van der Waals surface area contributed by atoms with E-state index >= 15 is 0 Å². The van der Waals surface area contributed by atoms with Crippen LogP contribution in [-0.2, 0) is 4.43 Å². The molecule has 0 spiro atoms. The average Bonchev–Trinajstić information content (AvgIpc) is 2.66. The third-order valence-corrected chi connectivity index (χ3v) is 5.13. The van der Waals surface area contributed by atoms with E-state index < -0.39 is 8.32 Å². The highest BCUT2D eigenvalue weighted by atomic mass is 28.4. The summed E-state index contributed by atoms with van der Waals surface area (Å²) in [5, 5.41) is 0. The highest BCUT2D eigenvalue weighted by Crippen LogP contribution is 2.46. The molecule has 0 aliphatic heterocycles. The zero-order valence-electron chi connectivity index (χ0n) is 16.1. The number of rotatable bonds is 10. The molecule has 0 fully saturated rings. The molecule has 22 heavy (non-hydrogen) atoms. The first-order valence-corrected chi connectivity index (χ1v) is 12.9. The van der Waals surface area contributed by atoms with Crippen LogP contribution in [-0.4, -0.2) is 8.32 Å². The molecule has 1 rings (SSSR count). The van der Waals surface area contributed by atoms with Crippen molar-refractivity contribution in [3.05, 3.63) is 22.5 Å². The maximum atomic E-state index is 6.66. The van der Waals surface area contributed by atoms with E-state index in [9.17, 15) is 0 Å². The van der Waals surface area contributed by atoms with Gasteiger partial charge in [-0.3, -0.25) is 0 Å². The van der Waals surface area contributed by atoms with E-state index in [1.165, 1.54) is 57.1 Å². The Morgan fingerprint density at radius 1 is 0.773 bits per heavy atom. The number of hydrogen-bond acceptors (Lipinski definition) is 1. The fourth-order valence-electron chi connectivity index (χ4n) is 3.66. The van der Waals surface area contributed by atoms with Crippen LogP contribution >= 0.6 is 0 Å². The molecular formula is C20H38OSi. The summed E-state index contributed by atoms with van der Waals surface area (Å²) < 4.78 is 6.66. The fourth-order valence-corrected chi connectivity index (χ4v) is 4.58. The minimum absolute atomic E-state index is 0.583. The summed E-state index contributed by atoms with van der Waals surface area (Å²) in [6, 6.07) is 0. The van der Waals surface area contributed by atoms with Gasteiger partial charge in [0.25, 0.3) is 0 Å². The van der Waals surface area contributed by atoms with Crippen molar-refractivity contribution in [1.29, 1.82) is 0 Å². The summed E-state index contributed by atoms with van der Waals surface area (Å²) in [5.74, 6) is 1.97. The lowest BCUT2D eigenvalue weighted by molar-refractivity contribution is 0.348. The Kier molecular flexibility index (Phi) is 7.96. The van der Waals surface area contributed by atoms with Crippen molar-refractivity contribution in [3.63, 3.8) is 0 Å². The van der Waals surface area contributed by atoms with Gasteiger partial charge in [-0.1, -0.05) is 59.0 Å². The molecule has 0 saturated carbocycles. The van der Waals surface area contributed by atoms with Crippen LogP contribution in [0.15, 0.2) is 22.5 Å². The van der Waals surface area contributed by atoms with E-state index in [1.807, 2.05) is 0 Å². The minimum Gasteiger partial charge on any atom is -0.547 e. The Balaban J connectivity index is 3.30. The third kappa shape index (κ3) is 5.01. The third-order valence-electron chi connectivity index (χ3n) is 4.30. The molecule has 0 bridgehead atoms. The maximum Gasteiger partial charge on any atom is 0.241 e. The second kappa shape index (κ2) is 8.96. The lowest BCUT2D eigenvalue weighted by Crippen LogP contribution is -2.27. The highest BCUT2D eigenvalue weighted by Gasteiger charge is 2.35. The van der Waals surface area contributed by atoms with Crippen molar-refractivity contribution in [2.45, 2.75) is 98.7 Å². The summed E-state index contributed by atoms with van der Waals surface area (Å²) in [6.07, 6.45) is 9.92. The largest absolute Gasteiger partial charge is 0.547 e. The molecule has 0 amide bonds. The van der Waals surface area contributed by atoms with Gasteiger partial charge in [0.05, 0.1) is 5.76 Å². The number of hydrogen-bond donors (Lipinski definition) is 0. The Hall–Kier alpha value is -0.503. The summed E-state index contributed by atoms with van der Waals surface area (Å²) in [6.45, 7) is 16.2. The van der Waals surface area contributed by atoms with Crippen molar-refractivity contribution < 1.29 is 4.43 Å². The molecule has 2 heteroatoms. The quantitative estimate of drug-likeness (QED) is 0.386. The van der Waals surface area contributed by atoms with Crippen LogP contribution in [0, 0.1) is 5.92 Å². The van der Waals surface area contributed by atoms with E-state index in [2.05, 4.69) is 47.3 Å². The van der Waals surface area contributed by atoms with Crippen molar-refractivity contribution in [2.24, 2.45) is 5.92 Å². The van der Waals surface area contributed by atoms with Crippen LogP contribution in [0.25, 0.3) is 0 Å². The van der Waals surface area contributed by atoms with Gasteiger partial charge in [-0.05, 0) is 56.5 Å². The molecule has 1 nitrogen and oxygen atoms in total. The van der Waals surface area contributed by atoms with E-state index in [4.69, 9.17) is 4.43 Å². The van der Waals surface area contributed by atoms with Gasteiger partial charge in [-0.15, -0.1) is 0 Å². The summed E-state index contributed by atoms with van der Waals surface area (Å²) >= 11 is 0. The smallest absolute Gasteiger partial charge is 0.241 e. The van der Waals surface area contributed by atoms with Crippen molar-refractivity contribution in [1.82, 2.24) is 0 Å². The Bertz CT molecular complexity index is 412. The topological polar surface area (TPSA) is 9.23 Å². The summed E-state index contributed by atoms with van der Waals surface area (Å²) in [5.41, 5.74) is 4.99. The lowest BCUT2D eigenvalue weighted by atomic mass is 9.90. The zero-order chi connectivity index (χ0) is 16.8. The lowest BCUT2D eigenvalue weighted by Gasteiger charge is -2.27. The zero-order valence-corrected chi connectivity index (χ0v) is 17.1. The predicted octanol–water partition coefficient (Wildman–Crippen LogP) is 7.22. The maximum absolute atomic E-state index is 6.66. The second-order valence-electron chi connectivity index (χ2n) is 7.65. The molecule has 0 aromatic rings. The van der Waals surface area contributed by atoms with Gasteiger partial charge >= 0.3 is 0 Å². The Labute approximate surface area is 140 Å². The van der Waals surface area contributed by atoms with Gasteiger partial charge in [0.1, 0.15) is 0 Å². The van der Waals surface area contributed by atoms with Crippen LogP contribution in [0.4, 0.5) is 0 Å². The van der Waals surface area contributed by atoms with Crippen LogP contribution in [0.5, 0.6) is 0 Å². The normalized spacial score (nSPS) is 19.3. The van der Waals surface area contributed by atoms with Crippen LogP contribution < -0.4 is 0 Å². The average molecular weight is 323 g/mol. The van der Waals surface area contributed by atoms with Crippen molar-refractivity contribution >= 4 is 8.32 Å². The standard InChI is InChI=1S/C20H38OSi/c1-8-12-16-17(13-9-2)19(15-11-4)20(18(16)14-10-3)21-22(5,6)7/h18H,8-15H2,1-7H3. The minimum atomic E-state index is -1.55. The molecule has 0 radical (unpaired) electrons. The fraction of sp³-hybridized carbons (Fsp3) is 0.800. The number of allylic oxidation sites excluding steroid dienone is 3. The van der Waals surface area contributed by atoms with E-state index in [-0.39, 0.29) is 0 Å². The molecule has 0 aromatic carbocycles. The molecule has 128 valence electrons. The predicted molar refractivity (Wildman–Crippen MR) is 102 cm³/mol. The first-order valence-electron chi connectivity index (χ1n) is 9.53. The van der Waals surface area contributed by atoms with Gasteiger partial charge in [0, 0.05) is 5.92 Å². The highest BCUT2D eigenvalue weighted by molar-refractivity contribution is 6.70. The van der Waals surface area contributed by atoms with Gasteiger partial charge in [0.15, 0.2) is 0 Å². The molecule has 0 heterocycles. The molecule has 1 aliphatic carbocycles. The SMILES string of the molecule is CCCC1=C(CCC)C(CCC)C(O[Si](C)(C)C)=C1CCC. The molecule has 1 atom stereocenters. The molecule has 0 aromatic heterocycles. The van der Waals surface area contributed by atoms with E-state index in [0.29, 0.717) is 5.92 Å². The van der Waals surface area contributed by atoms with Crippen molar-refractivity contribution in [2.75, 3.05) is 0 Å². The first-order chi connectivity index (χ1) is 10.4. The Morgan fingerprint density at radius 3 is 1.77 bits per heavy atom. The van der Waals surface area contributed by atoms with Crippen LogP contribution in [0.3, 0.4) is 0 Å². The monoisotopic (exact) mass is 322 g/mol. The Morgan fingerprint density at radius 2 is 1.32 bits per heavy atom. The van der Waals surface area contributed by atoms with E-state index in [0.717, 1.165) is 0 Å². The summed E-state index contributed by atoms with van der Waals surface area (Å²) in [7, 11) is -1.55. The molecule has 0 saturated heterocycles. The van der Waals surface area contributed by atoms with Crippen LogP contribution in [0.1, 0.15) is 79.1 Å². The van der Waals surface area contributed by atoms with Gasteiger partial charge in [-0.25, -0.2) is 0 Å². The van der Waals surface area contributed by atoms with Crippen molar-refractivity contribution in [3.8, 4) is 0 Å². The van der Waals surface area contributed by atoms with Gasteiger partial charge in [0.2, 0.25) is 8.32 Å². The molecule has 0 N–H and O–H groups in total.